The summed E-state index contributed by atoms with van der Waals surface area (Å²) in [7, 11) is 0. The lowest BCUT2D eigenvalue weighted by atomic mass is 10.1. The summed E-state index contributed by atoms with van der Waals surface area (Å²) in [5, 5.41) is 12.1. The first-order valence-electron chi connectivity index (χ1n) is 5.09. The summed E-state index contributed by atoms with van der Waals surface area (Å²) < 4.78 is 26.7. The van der Waals surface area contributed by atoms with Crippen LogP contribution in [0, 0.1) is 23.0 Å². The van der Waals surface area contributed by atoms with Gasteiger partial charge in [0.05, 0.1) is 11.3 Å². The molecule has 2 aromatic rings. The van der Waals surface area contributed by atoms with Crippen molar-refractivity contribution < 1.29 is 8.78 Å². The van der Waals surface area contributed by atoms with E-state index < -0.39 is 11.6 Å². The number of hydrogen-bond acceptors (Lipinski definition) is 3. The highest BCUT2D eigenvalue weighted by Gasteiger charge is 2.12. The Balaban J connectivity index is 2.84. The Morgan fingerprint density at radius 1 is 1.41 bits per heavy atom. The number of halogens is 2. The fourth-order valence-electron chi connectivity index (χ4n) is 1.68. The van der Waals surface area contributed by atoms with E-state index in [0.29, 0.717) is 12.2 Å². The van der Waals surface area contributed by atoms with Gasteiger partial charge in [-0.15, -0.1) is 0 Å². The summed E-state index contributed by atoms with van der Waals surface area (Å²) >= 11 is 0. The highest BCUT2D eigenvalue weighted by Crippen LogP contribution is 2.27. The van der Waals surface area contributed by atoms with Crippen LogP contribution in [0.2, 0.25) is 0 Å². The predicted molar refractivity (Wildman–Crippen MR) is 60.5 cm³/mol. The van der Waals surface area contributed by atoms with E-state index in [0.717, 1.165) is 6.07 Å². The zero-order valence-corrected chi connectivity index (χ0v) is 9.09. The molecule has 2 rings (SSSR count). The van der Waals surface area contributed by atoms with Crippen LogP contribution in [0.5, 0.6) is 0 Å². The Bertz CT molecular complexity index is 617. The predicted octanol–water partition coefficient (Wildman–Crippen LogP) is 2.82. The number of hydrogen-bond donors (Lipinski definition) is 1. The Labute approximate surface area is 96.7 Å². The molecule has 5 heteroatoms. The van der Waals surface area contributed by atoms with Crippen LogP contribution in [0.15, 0.2) is 18.3 Å². The molecule has 0 amide bonds. The number of aromatic nitrogens is 1. The van der Waals surface area contributed by atoms with Gasteiger partial charge in [-0.25, -0.2) is 8.78 Å². The zero-order valence-electron chi connectivity index (χ0n) is 9.09. The summed E-state index contributed by atoms with van der Waals surface area (Å²) in [5.74, 6) is -1.42. The van der Waals surface area contributed by atoms with Gasteiger partial charge < -0.3 is 5.32 Å². The molecule has 0 radical (unpaired) electrons. The van der Waals surface area contributed by atoms with Crippen LogP contribution in [0.4, 0.5) is 14.5 Å². The number of nitrogens with zero attached hydrogens (tertiary/aromatic N) is 2. The van der Waals surface area contributed by atoms with E-state index in [9.17, 15) is 8.78 Å². The van der Waals surface area contributed by atoms with Gasteiger partial charge in [-0.2, -0.15) is 5.26 Å². The lowest BCUT2D eigenvalue weighted by molar-refractivity contribution is 0.590. The van der Waals surface area contributed by atoms with Crippen molar-refractivity contribution in [2.75, 3.05) is 11.9 Å². The molecule has 0 spiro atoms. The summed E-state index contributed by atoms with van der Waals surface area (Å²) in [6.45, 7) is 2.38. The molecule has 0 aliphatic heterocycles. The van der Waals surface area contributed by atoms with Crippen LogP contribution < -0.4 is 5.32 Å². The van der Waals surface area contributed by atoms with Crippen molar-refractivity contribution in [2.45, 2.75) is 6.92 Å². The molecule has 1 aromatic carbocycles. The Morgan fingerprint density at radius 2 is 2.18 bits per heavy atom. The molecular weight excluding hydrogens is 224 g/mol. The average Bonchev–Trinajstić information content (AvgIpc) is 2.30. The van der Waals surface area contributed by atoms with E-state index in [2.05, 4.69) is 10.3 Å². The van der Waals surface area contributed by atoms with Gasteiger partial charge in [-0.05, 0) is 13.0 Å². The minimum Gasteiger partial charge on any atom is -0.384 e. The van der Waals surface area contributed by atoms with Crippen LogP contribution in [0.1, 0.15) is 12.5 Å². The SMILES string of the molecule is CCNc1c(C#N)cnc2c(F)cc(F)cc12. The second-order valence-electron chi connectivity index (χ2n) is 3.47. The zero-order chi connectivity index (χ0) is 12.4. The monoisotopic (exact) mass is 233 g/mol. The molecule has 0 aliphatic rings. The quantitative estimate of drug-likeness (QED) is 0.867. The minimum atomic E-state index is -0.733. The molecule has 0 unspecified atom stereocenters. The molecule has 0 saturated heterocycles. The van der Waals surface area contributed by atoms with E-state index in [1.807, 2.05) is 13.0 Å². The molecule has 17 heavy (non-hydrogen) atoms. The van der Waals surface area contributed by atoms with Crippen molar-refractivity contribution in [2.24, 2.45) is 0 Å². The molecule has 86 valence electrons. The first-order chi connectivity index (χ1) is 8.17. The summed E-state index contributed by atoms with van der Waals surface area (Å²) in [5.41, 5.74) is 0.740. The van der Waals surface area contributed by atoms with Gasteiger partial charge in [0.1, 0.15) is 17.4 Å². The second kappa shape index (κ2) is 4.34. The normalized spacial score (nSPS) is 10.2. The molecule has 1 aromatic heterocycles. The first-order valence-corrected chi connectivity index (χ1v) is 5.09. The Kier molecular flexibility index (Phi) is 2.88. The molecule has 0 aliphatic carbocycles. The van der Waals surface area contributed by atoms with E-state index in [4.69, 9.17) is 5.26 Å². The van der Waals surface area contributed by atoms with Gasteiger partial charge >= 0.3 is 0 Å². The summed E-state index contributed by atoms with van der Waals surface area (Å²) in [4.78, 5) is 3.83. The van der Waals surface area contributed by atoms with E-state index in [1.165, 1.54) is 12.3 Å². The van der Waals surface area contributed by atoms with Gasteiger partial charge in [-0.3, -0.25) is 4.98 Å². The fraction of sp³-hybridized carbons (Fsp3) is 0.167. The number of anilines is 1. The summed E-state index contributed by atoms with van der Waals surface area (Å²) in [6.07, 6.45) is 1.28. The molecule has 0 saturated carbocycles. The molecule has 1 heterocycles. The van der Waals surface area contributed by atoms with Crippen molar-refractivity contribution in [3.63, 3.8) is 0 Å². The fourth-order valence-corrected chi connectivity index (χ4v) is 1.68. The highest BCUT2D eigenvalue weighted by molar-refractivity contribution is 5.94. The maximum atomic E-state index is 13.5. The van der Waals surface area contributed by atoms with Crippen molar-refractivity contribution >= 4 is 16.6 Å². The average molecular weight is 233 g/mol. The Morgan fingerprint density at radius 3 is 2.82 bits per heavy atom. The van der Waals surface area contributed by atoms with Crippen LogP contribution >= 0.6 is 0 Å². The second-order valence-corrected chi connectivity index (χ2v) is 3.47. The highest BCUT2D eigenvalue weighted by atomic mass is 19.1. The van der Waals surface area contributed by atoms with Gasteiger partial charge in [-0.1, -0.05) is 0 Å². The van der Waals surface area contributed by atoms with Crippen molar-refractivity contribution in [1.82, 2.24) is 4.98 Å². The van der Waals surface area contributed by atoms with Crippen molar-refractivity contribution in [1.29, 1.82) is 5.26 Å². The number of nitriles is 1. The molecule has 1 N–H and O–H groups in total. The van der Waals surface area contributed by atoms with Crippen molar-refractivity contribution in [3.05, 3.63) is 35.5 Å². The third kappa shape index (κ3) is 1.89. The number of fused-ring (bicyclic) bond motifs is 1. The van der Waals surface area contributed by atoms with Crippen LogP contribution in [0.25, 0.3) is 10.9 Å². The molecular formula is C12H9F2N3. The third-order valence-electron chi connectivity index (χ3n) is 2.36. The standard InChI is InChI=1S/C12H9F2N3/c1-2-16-11-7(5-15)6-17-12-9(11)3-8(13)4-10(12)14/h3-4,6H,2H2,1H3,(H,16,17). The lowest BCUT2D eigenvalue weighted by Crippen LogP contribution is -2.02. The number of rotatable bonds is 2. The largest absolute Gasteiger partial charge is 0.384 e. The van der Waals surface area contributed by atoms with E-state index >= 15 is 0 Å². The molecule has 0 atom stereocenters. The van der Waals surface area contributed by atoms with E-state index in [1.54, 1.807) is 0 Å². The number of nitrogens with one attached hydrogen (secondary N) is 1. The van der Waals surface area contributed by atoms with Crippen LogP contribution in [-0.2, 0) is 0 Å². The van der Waals surface area contributed by atoms with E-state index in [-0.39, 0.29) is 16.5 Å². The smallest absolute Gasteiger partial charge is 0.152 e. The Hall–Kier alpha value is -2.22. The van der Waals surface area contributed by atoms with Gasteiger partial charge in [0, 0.05) is 24.2 Å². The number of pyridine rings is 1. The van der Waals surface area contributed by atoms with Gasteiger partial charge in [0.25, 0.3) is 0 Å². The van der Waals surface area contributed by atoms with Gasteiger partial charge in [0.15, 0.2) is 5.82 Å². The topological polar surface area (TPSA) is 48.7 Å². The first kappa shape index (κ1) is 11.3. The lowest BCUT2D eigenvalue weighted by Gasteiger charge is -2.09. The molecule has 0 fully saturated rings. The molecule has 3 nitrogen and oxygen atoms in total. The third-order valence-corrected chi connectivity index (χ3v) is 2.36. The maximum absolute atomic E-state index is 13.5. The molecule has 0 bridgehead atoms. The maximum Gasteiger partial charge on any atom is 0.152 e. The summed E-state index contributed by atoms with van der Waals surface area (Å²) in [6, 6.07) is 3.89. The number of benzene rings is 1. The van der Waals surface area contributed by atoms with Crippen LogP contribution in [0.3, 0.4) is 0 Å². The van der Waals surface area contributed by atoms with Crippen molar-refractivity contribution in [3.8, 4) is 6.07 Å². The van der Waals surface area contributed by atoms with Gasteiger partial charge in [0.2, 0.25) is 0 Å². The minimum absolute atomic E-state index is 0.0568. The van der Waals surface area contributed by atoms with Crippen LogP contribution in [-0.4, -0.2) is 11.5 Å².